The van der Waals surface area contributed by atoms with Gasteiger partial charge in [-0.05, 0) is 38.1 Å². The molecule has 1 atom stereocenters. The Bertz CT molecular complexity index is 323. The zero-order valence-corrected chi connectivity index (χ0v) is 9.23. The highest BCUT2D eigenvalue weighted by atomic mass is 35.5. The molecule has 0 aliphatic rings. The Hall–Kier alpha value is -0.860. The van der Waals surface area contributed by atoms with E-state index in [1.54, 1.807) is 0 Å². The van der Waals surface area contributed by atoms with Crippen molar-refractivity contribution in [3.63, 3.8) is 0 Å². The first-order valence-corrected chi connectivity index (χ1v) is 4.98. The average Bonchev–Trinajstić information content (AvgIpc) is 2.14. The second kappa shape index (κ2) is 5.13. The third kappa shape index (κ3) is 3.13. The Kier molecular flexibility index (Phi) is 4.11. The second-order valence-corrected chi connectivity index (χ2v) is 3.79. The maximum Gasteiger partial charge on any atom is 0.0483 e. The molecule has 3 heteroatoms. The molecule has 0 fully saturated rings. The van der Waals surface area contributed by atoms with Crippen molar-refractivity contribution in [3.8, 4) is 0 Å². The molecule has 14 heavy (non-hydrogen) atoms. The number of rotatable bonds is 4. The van der Waals surface area contributed by atoms with Gasteiger partial charge in [-0.15, -0.1) is 0 Å². The van der Waals surface area contributed by atoms with E-state index < -0.39 is 0 Å². The largest absolute Gasteiger partial charge is 0.312 e. The summed E-state index contributed by atoms with van der Waals surface area (Å²) in [6, 6.07) is 7.86. The van der Waals surface area contributed by atoms with E-state index >= 15 is 0 Å². The van der Waals surface area contributed by atoms with Gasteiger partial charge in [0.05, 0.1) is 0 Å². The molecule has 0 saturated heterocycles. The Balaban J connectivity index is 2.72. The standard InChI is InChI=1S/C11H15ClN2/c1-8(13)11(14-2)7-9-4-3-5-10(12)6-9/h3-6,11,13-14H,7H2,1-2H3/t11-/m1/s1. The fraction of sp³-hybridized carbons (Fsp3) is 0.364. The van der Waals surface area contributed by atoms with Crippen LogP contribution in [0.5, 0.6) is 0 Å². The minimum absolute atomic E-state index is 0.105. The SMILES string of the molecule is CN[C@H](Cc1cccc(Cl)c1)C(C)=N. The van der Waals surface area contributed by atoms with Crippen LogP contribution in [0.25, 0.3) is 0 Å². The molecule has 0 aliphatic carbocycles. The lowest BCUT2D eigenvalue weighted by Crippen LogP contribution is -2.33. The predicted molar refractivity (Wildman–Crippen MR) is 61.4 cm³/mol. The number of hydrogen-bond acceptors (Lipinski definition) is 2. The molecule has 0 heterocycles. The van der Waals surface area contributed by atoms with Crippen molar-refractivity contribution in [1.82, 2.24) is 5.32 Å². The monoisotopic (exact) mass is 210 g/mol. The van der Waals surface area contributed by atoms with E-state index in [2.05, 4.69) is 5.32 Å². The van der Waals surface area contributed by atoms with Crippen LogP contribution < -0.4 is 5.32 Å². The molecule has 0 bridgehead atoms. The van der Waals surface area contributed by atoms with Gasteiger partial charge in [-0.1, -0.05) is 23.7 Å². The van der Waals surface area contributed by atoms with Crippen LogP contribution in [0.3, 0.4) is 0 Å². The lowest BCUT2D eigenvalue weighted by atomic mass is 10.0. The third-order valence-corrected chi connectivity index (χ3v) is 2.44. The zero-order valence-electron chi connectivity index (χ0n) is 8.47. The fourth-order valence-corrected chi connectivity index (χ4v) is 1.58. The number of nitrogens with one attached hydrogen (secondary N) is 2. The van der Waals surface area contributed by atoms with E-state index in [1.165, 1.54) is 0 Å². The molecule has 1 aromatic rings. The first-order chi connectivity index (χ1) is 6.63. The van der Waals surface area contributed by atoms with Crippen LogP contribution in [0.4, 0.5) is 0 Å². The molecular formula is C11H15ClN2. The van der Waals surface area contributed by atoms with Crippen LogP contribution >= 0.6 is 11.6 Å². The van der Waals surface area contributed by atoms with Crippen LogP contribution in [-0.2, 0) is 6.42 Å². The van der Waals surface area contributed by atoms with Gasteiger partial charge in [0.25, 0.3) is 0 Å². The summed E-state index contributed by atoms with van der Waals surface area (Å²) < 4.78 is 0. The topological polar surface area (TPSA) is 35.9 Å². The number of halogens is 1. The molecule has 0 spiro atoms. The van der Waals surface area contributed by atoms with Gasteiger partial charge < -0.3 is 10.7 Å². The summed E-state index contributed by atoms with van der Waals surface area (Å²) in [7, 11) is 1.87. The molecule has 0 saturated carbocycles. The van der Waals surface area contributed by atoms with Crippen molar-refractivity contribution in [1.29, 1.82) is 5.41 Å². The van der Waals surface area contributed by atoms with Crippen molar-refractivity contribution in [3.05, 3.63) is 34.9 Å². The van der Waals surface area contributed by atoms with Gasteiger partial charge in [0, 0.05) is 16.8 Å². The predicted octanol–water partition coefficient (Wildman–Crippen LogP) is 2.51. The summed E-state index contributed by atoms with van der Waals surface area (Å²) in [6.45, 7) is 1.81. The van der Waals surface area contributed by atoms with Crippen molar-refractivity contribution < 1.29 is 0 Å². The van der Waals surface area contributed by atoms with Gasteiger partial charge in [-0.2, -0.15) is 0 Å². The van der Waals surface area contributed by atoms with Crippen molar-refractivity contribution >= 4 is 17.3 Å². The summed E-state index contributed by atoms with van der Waals surface area (Å²) in [5.41, 5.74) is 1.80. The van der Waals surface area contributed by atoms with Gasteiger partial charge in [0.2, 0.25) is 0 Å². The van der Waals surface area contributed by atoms with Gasteiger partial charge in [-0.25, -0.2) is 0 Å². The van der Waals surface area contributed by atoms with E-state index in [0.29, 0.717) is 5.71 Å². The van der Waals surface area contributed by atoms with E-state index in [1.807, 2.05) is 38.2 Å². The van der Waals surface area contributed by atoms with Crippen molar-refractivity contribution in [2.45, 2.75) is 19.4 Å². The Morgan fingerprint density at radius 1 is 1.57 bits per heavy atom. The third-order valence-electron chi connectivity index (χ3n) is 2.20. The summed E-state index contributed by atoms with van der Waals surface area (Å²) >= 11 is 5.88. The van der Waals surface area contributed by atoms with Crippen LogP contribution in [0, 0.1) is 5.41 Å². The average molecular weight is 211 g/mol. The van der Waals surface area contributed by atoms with Crippen LogP contribution in [0.15, 0.2) is 24.3 Å². The van der Waals surface area contributed by atoms with E-state index in [9.17, 15) is 0 Å². The highest BCUT2D eigenvalue weighted by molar-refractivity contribution is 6.30. The minimum Gasteiger partial charge on any atom is -0.312 e. The number of likely N-dealkylation sites (N-methyl/N-ethyl adjacent to an activating group) is 1. The highest BCUT2D eigenvalue weighted by Crippen LogP contribution is 2.12. The van der Waals surface area contributed by atoms with Crippen molar-refractivity contribution in [2.24, 2.45) is 0 Å². The maximum absolute atomic E-state index is 7.56. The van der Waals surface area contributed by atoms with E-state index in [-0.39, 0.29) is 6.04 Å². The molecule has 1 rings (SSSR count). The summed E-state index contributed by atoms with van der Waals surface area (Å²) in [5.74, 6) is 0. The van der Waals surface area contributed by atoms with Crippen LogP contribution in [0.1, 0.15) is 12.5 Å². The smallest absolute Gasteiger partial charge is 0.0483 e. The van der Waals surface area contributed by atoms with Crippen molar-refractivity contribution in [2.75, 3.05) is 7.05 Å². The highest BCUT2D eigenvalue weighted by Gasteiger charge is 2.08. The Labute approximate surface area is 89.8 Å². The zero-order chi connectivity index (χ0) is 10.6. The van der Waals surface area contributed by atoms with Gasteiger partial charge in [-0.3, -0.25) is 0 Å². The second-order valence-electron chi connectivity index (χ2n) is 3.36. The minimum atomic E-state index is 0.105. The summed E-state index contributed by atoms with van der Waals surface area (Å²) in [4.78, 5) is 0. The normalized spacial score (nSPS) is 12.5. The van der Waals surface area contributed by atoms with Crippen LogP contribution in [0.2, 0.25) is 5.02 Å². The van der Waals surface area contributed by atoms with Gasteiger partial charge in [0.15, 0.2) is 0 Å². The molecule has 0 radical (unpaired) electrons. The van der Waals surface area contributed by atoms with E-state index in [4.69, 9.17) is 17.0 Å². The molecule has 0 aliphatic heterocycles. The quantitative estimate of drug-likeness (QED) is 0.737. The number of hydrogen-bond donors (Lipinski definition) is 2. The first-order valence-electron chi connectivity index (χ1n) is 4.60. The summed E-state index contributed by atoms with van der Waals surface area (Å²) in [5, 5.41) is 11.4. The molecule has 2 N–H and O–H groups in total. The molecule has 2 nitrogen and oxygen atoms in total. The molecule has 0 amide bonds. The Morgan fingerprint density at radius 3 is 2.79 bits per heavy atom. The number of benzene rings is 1. The summed E-state index contributed by atoms with van der Waals surface area (Å²) in [6.07, 6.45) is 0.812. The molecule has 0 aromatic heterocycles. The van der Waals surface area contributed by atoms with E-state index in [0.717, 1.165) is 17.0 Å². The van der Waals surface area contributed by atoms with Gasteiger partial charge in [0.1, 0.15) is 0 Å². The lowest BCUT2D eigenvalue weighted by molar-refractivity contribution is 0.690. The first kappa shape index (κ1) is 11.2. The van der Waals surface area contributed by atoms with Crippen LogP contribution in [-0.4, -0.2) is 18.8 Å². The molecule has 76 valence electrons. The fourth-order valence-electron chi connectivity index (χ4n) is 1.37. The maximum atomic E-state index is 7.56. The molecular weight excluding hydrogens is 196 g/mol. The molecule has 1 aromatic carbocycles. The van der Waals surface area contributed by atoms with Gasteiger partial charge >= 0.3 is 0 Å². The Morgan fingerprint density at radius 2 is 2.29 bits per heavy atom. The lowest BCUT2D eigenvalue weighted by Gasteiger charge is -2.14. The molecule has 0 unspecified atom stereocenters.